The van der Waals surface area contributed by atoms with E-state index in [2.05, 4.69) is 4.74 Å². The number of nitrogens with zero attached hydrogens (tertiary/aromatic N) is 1. The summed E-state index contributed by atoms with van der Waals surface area (Å²) in [7, 11) is 0.725. The van der Waals surface area contributed by atoms with Gasteiger partial charge in [-0.1, -0.05) is 29.5 Å². The summed E-state index contributed by atoms with van der Waals surface area (Å²) in [5.41, 5.74) is -2.89. The fourth-order valence-electron chi connectivity index (χ4n) is 2.37. The lowest BCUT2D eigenvalue weighted by Gasteiger charge is -2.31. The van der Waals surface area contributed by atoms with E-state index < -0.39 is 58.7 Å². The van der Waals surface area contributed by atoms with Crippen molar-refractivity contribution in [3.63, 3.8) is 0 Å². The molecule has 0 bridgehead atoms. The van der Waals surface area contributed by atoms with E-state index in [9.17, 15) is 30.7 Å². The van der Waals surface area contributed by atoms with Gasteiger partial charge in [-0.15, -0.1) is 0 Å². The van der Waals surface area contributed by atoms with Gasteiger partial charge in [-0.3, -0.25) is 0 Å². The number of hydrogen-bond donors (Lipinski definition) is 0. The second-order valence-electron chi connectivity index (χ2n) is 4.91. The molecule has 0 N–H and O–H groups in total. The van der Waals surface area contributed by atoms with Gasteiger partial charge < -0.3 is 9.47 Å². The van der Waals surface area contributed by atoms with Gasteiger partial charge >= 0.3 is 6.18 Å². The van der Waals surface area contributed by atoms with Gasteiger partial charge in [-0.25, -0.2) is 17.6 Å². The van der Waals surface area contributed by atoms with E-state index in [0.29, 0.717) is 0 Å². The standard InChI is InChI=1S/C14H11F7INO2/c1-5(13(24-2)14(19,20)21)12(25-4-22)7-10(17)8(15)6(3-23)9(16)11(7)18/h5,12-13H,4H2,1-2H3. The Hall–Kier alpha value is -1.13. The molecular weight excluding hydrogens is 474 g/mol. The van der Waals surface area contributed by atoms with Crippen LogP contribution in [0.2, 0.25) is 0 Å². The van der Waals surface area contributed by atoms with Crippen molar-refractivity contribution in [3.05, 3.63) is 34.4 Å². The third kappa shape index (κ3) is 4.35. The Bertz CT molecular complexity index is 646. The molecule has 0 aliphatic heterocycles. The molecule has 0 saturated heterocycles. The van der Waals surface area contributed by atoms with E-state index in [1.165, 1.54) is 0 Å². The normalized spacial score (nSPS) is 15.6. The quantitative estimate of drug-likeness (QED) is 0.252. The molecular formula is C14H11F7INO2. The lowest BCUT2D eigenvalue weighted by Crippen LogP contribution is -2.40. The van der Waals surface area contributed by atoms with Gasteiger partial charge in [0.15, 0.2) is 29.4 Å². The fourth-order valence-corrected chi connectivity index (χ4v) is 2.76. The largest absolute Gasteiger partial charge is 0.414 e. The average molecular weight is 485 g/mol. The summed E-state index contributed by atoms with van der Waals surface area (Å²) >= 11 is 1.54. The van der Waals surface area contributed by atoms with Crippen LogP contribution in [0.3, 0.4) is 0 Å². The number of benzene rings is 1. The molecule has 0 aliphatic carbocycles. The Morgan fingerprint density at radius 1 is 1.08 bits per heavy atom. The predicted octanol–water partition coefficient (Wildman–Crippen LogP) is 4.78. The molecule has 3 nitrogen and oxygen atoms in total. The van der Waals surface area contributed by atoms with Crippen LogP contribution in [-0.4, -0.2) is 24.0 Å². The highest BCUT2D eigenvalue weighted by atomic mass is 127. The number of hydrogen-bond acceptors (Lipinski definition) is 3. The number of ether oxygens (including phenoxy) is 2. The number of methoxy groups -OCH3 is 1. The minimum absolute atomic E-state index is 0.330. The molecule has 0 spiro atoms. The second-order valence-corrected chi connectivity index (χ2v) is 5.53. The van der Waals surface area contributed by atoms with Crippen molar-refractivity contribution < 1.29 is 40.2 Å². The zero-order chi connectivity index (χ0) is 19.5. The van der Waals surface area contributed by atoms with E-state index in [4.69, 9.17) is 10.00 Å². The molecule has 3 unspecified atom stereocenters. The lowest BCUT2D eigenvalue weighted by molar-refractivity contribution is -0.237. The molecule has 11 heteroatoms. The van der Waals surface area contributed by atoms with Gasteiger partial charge in [0.25, 0.3) is 0 Å². The smallest absolute Gasteiger partial charge is 0.372 e. The minimum Gasteiger partial charge on any atom is -0.372 e. The summed E-state index contributed by atoms with van der Waals surface area (Å²) in [6.07, 6.45) is -9.45. The zero-order valence-electron chi connectivity index (χ0n) is 12.7. The molecule has 0 aromatic heterocycles. The maximum Gasteiger partial charge on any atom is 0.414 e. The zero-order valence-corrected chi connectivity index (χ0v) is 14.9. The Morgan fingerprint density at radius 3 is 1.88 bits per heavy atom. The van der Waals surface area contributed by atoms with Crippen molar-refractivity contribution in [2.75, 3.05) is 11.7 Å². The lowest BCUT2D eigenvalue weighted by atomic mass is 9.90. The highest BCUT2D eigenvalue weighted by molar-refractivity contribution is 14.1. The van der Waals surface area contributed by atoms with Gasteiger partial charge in [0.2, 0.25) is 0 Å². The first-order valence-corrected chi connectivity index (χ1v) is 8.08. The van der Waals surface area contributed by atoms with Crippen LogP contribution < -0.4 is 0 Å². The van der Waals surface area contributed by atoms with Crippen LogP contribution in [0.4, 0.5) is 30.7 Å². The van der Waals surface area contributed by atoms with Crippen molar-refractivity contribution in [3.8, 4) is 6.07 Å². The van der Waals surface area contributed by atoms with E-state index in [1.54, 1.807) is 22.6 Å². The Labute approximate surface area is 151 Å². The molecule has 1 rings (SSSR count). The number of nitriles is 1. The Balaban J connectivity index is 3.59. The Morgan fingerprint density at radius 2 is 1.56 bits per heavy atom. The van der Waals surface area contributed by atoms with Crippen LogP contribution in [0.5, 0.6) is 0 Å². The molecule has 1 aromatic rings. The third-order valence-corrected chi connectivity index (χ3v) is 3.83. The van der Waals surface area contributed by atoms with E-state index in [-0.39, 0.29) is 4.61 Å². The van der Waals surface area contributed by atoms with Crippen LogP contribution in [0.1, 0.15) is 24.2 Å². The van der Waals surface area contributed by atoms with Gasteiger partial charge in [0, 0.05) is 13.0 Å². The van der Waals surface area contributed by atoms with Crippen LogP contribution >= 0.6 is 22.6 Å². The molecule has 0 fully saturated rings. The van der Waals surface area contributed by atoms with E-state index in [0.717, 1.165) is 20.1 Å². The summed E-state index contributed by atoms with van der Waals surface area (Å²) in [4.78, 5) is 0. The van der Waals surface area contributed by atoms with Crippen LogP contribution in [0.25, 0.3) is 0 Å². The van der Waals surface area contributed by atoms with E-state index >= 15 is 0 Å². The number of alkyl halides is 4. The molecule has 0 radical (unpaired) electrons. The van der Waals surface area contributed by atoms with Crippen LogP contribution in [0.15, 0.2) is 0 Å². The minimum atomic E-state index is -4.92. The first kappa shape index (κ1) is 21.9. The van der Waals surface area contributed by atoms with Crippen LogP contribution in [-0.2, 0) is 9.47 Å². The first-order chi connectivity index (χ1) is 11.5. The highest BCUT2D eigenvalue weighted by Gasteiger charge is 2.48. The fraction of sp³-hybridized carbons (Fsp3) is 0.500. The topological polar surface area (TPSA) is 42.2 Å². The molecule has 140 valence electrons. The van der Waals surface area contributed by atoms with Crippen molar-refractivity contribution in [2.45, 2.75) is 25.3 Å². The molecule has 0 saturated carbocycles. The summed E-state index contributed by atoms with van der Waals surface area (Å²) in [6, 6.07) is 0.954. The average Bonchev–Trinajstić information content (AvgIpc) is 2.52. The first-order valence-electron chi connectivity index (χ1n) is 6.55. The van der Waals surface area contributed by atoms with Crippen molar-refractivity contribution in [2.24, 2.45) is 5.92 Å². The van der Waals surface area contributed by atoms with Gasteiger partial charge in [0.05, 0.1) is 16.3 Å². The van der Waals surface area contributed by atoms with Crippen molar-refractivity contribution in [1.29, 1.82) is 5.26 Å². The second kappa shape index (κ2) is 8.50. The summed E-state index contributed by atoms with van der Waals surface area (Å²) in [5.74, 6) is -9.75. The SMILES string of the molecule is COC(C(C)C(OCI)c1c(F)c(F)c(C#N)c(F)c1F)C(F)(F)F. The maximum atomic E-state index is 14.2. The van der Waals surface area contributed by atoms with Crippen LogP contribution in [0, 0.1) is 40.5 Å². The molecule has 0 aliphatic rings. The van der Waals surface area contributed by atoms with Crippen molar-refractivity contribution >= 4 is 22.6 Å². The molecule has 25 heavy (non-hydrogen) atoms. The van der Waals surface area contributed by atoms with Crippen molar-refractivity contribution in [1.82, 2.24) is 0 Å². The summed E-state index contributed by atoms with van der Waals surface area (Å²) in [6.45, 7) is 0.908. The number of rotatable bonds is 6. The molecule has 0 heterocycles. The molecule has 0 amide bonds. The Kier molecular flexibility index (Phi) is 7.45. The summed E-state index contributed by atoms with van der Waals surface area (Å²) in [5, 5.41) is 8.56. The number of halogens is 8. The molecule has 1 aromatic carbocycles. The molecule has 3 atom stereocenters. The maximum absolute atomic E-state index is 14.2. The summed E-state index contributed by atoms with van der Waals surface area (Å²) < 4.78 is 104. The van der Waals surface area contributed by atoms with Gasteiger partial charge in [0.1, 0.15) is 11.6 Å². The highest BCUT2D eigenvalue weighted by Crippen LogP contribution is 2.40. The monoisotopic (exact) mass is 485 g/mol. The van der Waals surface area contributed by atoms with Gasteiger partial charge in [-0.05, 0) is 0 Å². The van der Waals surface area contributed by atoms with E-state index in [1.807, 2.05) is 0 Å². The third-order valence-electron chi connectivity index (χ3n) is 3.47. The van der Waals surface area contributed by atoms with Gasteiger partial charge in [-0.2, -0.15) is 18.4 Å². The predicted molar refractivity (Wildman–Crippen MR) is 79.7 cm³/mol.